The van der Waals surface area contributed by atoms with Gasteiger partial charge in [-0.25, -0.2) is 0 Å². The number of carbonyl (C=O) groups excluding carboxylic acids is 2. The molecule has 2 aromatic rings. The van der Waals surface area contributed by atoms with Gasteiger partial charge in [0.2, 0.25) is 0 Å². The lowest BCUT2D eigenvalue weighted by Crippen LogP contribution is -2.32. The lowest BCUT2D eigenvalue weighted by Gasteiger charge is -2.26. The SMILES string of the molecule is CCCOc1cccc(/C(O)=C2/C(=O)C(=O)N(CCCN(C)C)C2c2ccc(OC)cc2)c1. The Balaban J connectivity index is 2.06. The number of amides is 1. The van der Waals surface area contributed by atoms with Crippen LogP contribution in [0.4, 0.5) is 0 Å². The van der Waals surface area contributed by atoms with Crippen LogP contribution in [0.5, 0.6) is 11.5 Å². The van der Waals surface area contributed by atoms with Crippen molar-refractivity contribution in [3.05, 3.63) is 65.2 Å². The predicted octanol–water partition coefficient (Wildman–Crippen LogP) is 3.86. The van der Waals surface area contributed by atoms with Crippen molar-refractivity contribution >= 4 is 17.4 Å². The van der Waals surface area contributed by atoms with Gasteiger partial charge in [0.15, 0.2) is 0 Å². The van der Waals surface area contributed by atoms with Crippen LogP contribution in [0.1, 0.15) is 36.9 Å². The minimum absolute atomic E-state index is 0.0858. The summed E-state index contributed by atoms with van der Waals surface area (Å²) < 4.78 is 10.9. The molecule has 7 nitrogen and oxygen atoms in total. The van der Waals surface area contributed by atoms with E-state index in [0.29, 0.717) is 36.6 Å². The van der Waals surface area contributed by atoms with Gasteiger partial charge in [-0.15, -0.1) is 0 Å². The standard InChI is InChI=1S/C26H32N2O5/c1-5-16-33-21-9-6-8-19(17-21)24(29)22-23(18-10-12-20(32-4)13-11-18)28(26(31)25(22)30)15-7-14-27(2)3/h6,8-13,17,23,29H,5,7,14-16H2,1-4H3/b24-22-. The van der Waals surface area contributed by atoms with E-state index in [1.165, 1.54) is 0 Å². The Morgan fingerprint density at radius 2 is 1.82 bits per heavy atom. The van der Waals surface area contributed by atoms with Crippen LogP contribution in [-0.2, 0) is 9.59 Å². The molecule has 176 valence electrons. The van der Waals surface area contributed by atoms with Gasteiger partial charge in [0.05, 0.1) is 25.3 Å². The van der Waals surface area contributed by atoms with E-state index in [9.17, 15) is 14.7 Å². The first-order chi connectivity index (χ1) is 15.9. The third-order valence-electron chi connectivity index (χ3n) is 5.56. The molecule has 3 rings (SSSR count). The number of ketones is 1. The maximum atomic E-state index is 13.1. The number of methoxy groups -OCH3 is 1. The van der Waals surface area contributed by atoms with Crippen molar-refractivity contribution in [2.45, 2.75) is 25.8 Å². The van der Waals surface area contributed by atoms with Gasteiger partial charge in [0.1, 0.15) is 17.3 Å². The summed E-state index contributed by atoms with van der Waals surface area (Å²) in [6, 6.07) is 13.5. The quantitative estimate of drug-likeness (QED) is 0.335. The van der Waals surface area contributed by atoms with Gasteiger partial charge >= 0.3 is 0 Å². The van der Waals surface area contributed by atoms with E-state index < -0.39 is 17.7 Å². The lowest BCUT2D eigenvalue weighted by atomic mass is 9.95. The van der Waals surface area contributed by atoms with Crippen LogP contribution in [0.3, 0.4) is 0 Å². The fourth-order valence-electron chi connectivity index (χ4n) is 3.91. The smallest absolute Gasteiger partial charge is 0.295 e. The lowest BCUT2D eigenvalue weighted by molar-refractivity contribution is -0.139. The normalized spacial score (nSPS) is 17.6. The van der Waals surface area contributed by atoms with Gasteiger partial charge in [-0.1, -0.05) is 31.2 Å². The Kier molecular flexibility index (Phi) is 8.11. The number of rotatable bonds is 10. The highest BCUT2D eigenvalue weighted by Crippen LogP contribution is 2.40. The molecule has 33 heavy (non-hydrogen) atoms. The monoisotopic (exact) mass is 452 g/mol. The molecule has 1 aliphatic heterocycles. The molecule has 1 N–H and O–H groups in total. The number of aliphatic hydroxyl groups excluding tert-OH is 1. The van der Waals surface area contributed by atoms with Crippen LogP contribution in [-0.4, -0.2) is 67.5 Å². The van der Waals surface area contributed by atoms with Crippen LogP contribution >= 0.6 is 0 Å². The van der Waals surface area contributed by atoms with Crippen LogP contribution in [0.2, 0.25) is 0 Å². The van der Waals surface area contributed by atoms with E-state index in [2.05, 4.69) is 0 Å². The highest BCUT2D eigenvalue weighted by Gasteiger charge is 2.45. The molecule has 1 heterocycles. The minimum atomic E-state index is -0.682. The third kappa shape index (κ3) is 5.54. The fourth-order valence-corrected chi connectivity index (χ4v) is 3.91. The number of nitrogens with zero attached hydrogens (tertiary/aromatic N) is 2. The number of hydrogen-bond acceptors (Lipinski definition) is 6. The summed E-state index contributed by atoms with van der Waals surface area (Å²) >= 11 is 0. The maximum Gasteiger partial charge on any atom is 0.295 e. The second-order valence-electron chi connectivity index (χ2n) is 8.30. The zero-order valence-corrected chi connectivity index (χ0v) is 19.7. The number of aliphatic hydroxyl groups is 1. The molecule has 2 aromatic carbocycles. The largest absolute Gasteiger partial charge is 0.507 e. The second kappa shape index (κ2) is 11.0. The highest BCUT2D eigenvalue weighted by atomic mass is 16.5. The highest BCUT2D eigenvalue weighted by molar-refractivity contribution is 6.46. The van der Waals surface area contributed by atoms with Crippen LogP contribution in [0.15, 0.2) is 54.1 Å². The Morgan fingerprint density at radius 3 is 2.45 bits per heavy atom. The summed E-state index contributed by atoms with van der Waals surface area (Å²) in [6.45, 7) is 3.73. The zero-order chi connectivity index (χ0) is 24.0. The van der Waals surface area contributed by atoms with Gasteiger partial charge in [-0.3, -0.25) is 9.59 Å². The number of likely N-dealkylation sites (tertiary alicyclic amines) is 1. The Hall–Kier alpha value is -3.32. The Bertz CT molecular complexity index is 1010. The van der Waals surface area contributed by atoms with E-state index in [1.54, 1.807) is 48.4 Å². The van der Waals surface area contributed by atoms with Gasteiger partial charge in [-0.2, -0.15) is 0 Å². The number of carbonyl (C=O) groups is 2. The van der Waals surface area contributed by atoms with Gasteiger partial charge < -0.3 is 24.4 Å². The average molecular weight is 453 g/mol. The van der Waals surface area contributed by atoms with Gasteiger partial charge in [0.25, 0.3) is 11.7 Å². The number of ether oxygens (including phenoxy) is 2. The van der Waals surface area contributed by atoms with E-state index in [0.717, 1.165) is 18.5 Å². The molecule has 0 radical (unpaired) electrons. The summed E-state index contributed by atoms with van der Waals surface area (Å²) in [6.07, 6.45) is 1.55. The van der Waals surface area contributed by atoms with Crippen molar-refractivity contribution in [3.63, 3.8) is 0 Å². The zero-order valence-electron chi connectivity index (χ0n) is 19.7. The van der Waals surface area contributed by atoms with Crippen molar-refractivity contribution in [3.8, 4) is 11.5 Å². The molecule has 1 fully saturated rings. The van der Waals surface area contributed by atoms with Gasteiger partial charge in [0, 0.05) is 12.1 Å². The first-order valence-electron chi connectivity index (χ1n) is 11.2. The first kappa shape index (κ1) is 24.3. The van der Waals surface area contributed by atoms with E-state index in [-0.39, 0.29) is 11.3 Å². The summed E-state index contributed by atoms with van der Waals surface area (Å²) in [5.41, 5.74) is 1.26. The van der Waals surface area contributed by atoms with Crippen molar-refractivity contribution in [1.29, 1.82) is 0 Å². The fraction of sp³-hybridized carbons (Fsp3) is 0.385. The van der Waals surface area contributed by atoms with E-state index in [1.807, 2.05) is 38.1 Å². The number of hydrogen-bond donors (Lipinski definition) is 1. The molecule has 1 amide bonds. The molecular formula is C26H32N2O5. The summed E-state index contributed by atoms with van der Waals surface area (Å²) in [5.74, 6) is -0.218. The molecule has 0 aliphatic carbocycles. The molecule has 7 heteroatoms. The van der Waals surface area contributed by atoms with Crippen LogP contribution < -0.4 is 9.47 Å². The van der Waals surface area contributed by atoms with Crippen molar-refractivity contribution in [2.24, 2.45) is 0 Å². The molecule has 1 atom stereocenters. The maximum absolute atomic E-state index is 13.1. The molecule has 1 unspecified atom stereocenters. The molecule has 0 bridgehead atoms. The van der Waals surface area contributed by atoms with Crippen LogP contribution in [0, 0.1) is 0 Å². The molecule has 1 saturated heterocycles. The number of Topliss-reactive ketones (excluding diaryl/α,β-unsaturated/α-hetero) is 1. The topological polar surface area (TPSA) is 79.3 Å². The molecule has 0 aromatic heterocycles. The van der Waals surface area contributed by atoms with E-state index >= 15 is 0 Å². The van der Waals surface area contributed by atoms with Crippen molar-refractivity contribution in [2.75, 3.05) is 40.9 Å². The molecular weight excluding hydrogens is 420 g/mol. The van der Waals surface area contributed by atoms with Crippen LogP contribution in [0.25, 0.3) is 5.76 Å². The summed E-state index contributed by atoms with van der Waals surface area (Å²) in [5, 5.41) is 11.2. The Morgan fingerprint density at radius 1 is 1.09 bits per heavy atom. The summed E-state index contributed by atoms with van der Waals surface area (Å²) in [4.78, 5) is 29.7. The third-order valence-corrected chi connectivity index (χ3v) is 5.56. The second-order valence-corrected chi connectivity index (χ2v) is 8.30. The van der Waals surface area contributed by atoms with E-state index in [4.69, 9.17) is 9.47 Å². The average Bonchev–Trinajstić information content (AvgIpc) is 3.07. The first-order valence-corrected chi connectivity index (χ1v) is 11.2. The minimum Gasteiger partial charge on any atom is -0.507 e. The number of benzene rings is 2. The molecule has 1 aliphatic rings. The van der Waals surface area contributed by atoms with Crippen molar-refractivity contribution < 1.29 is 24.2 Å². The summed E-state index contributed by atoms with van der Waals surface area (Å²) in [7, 11) is 5.50. The molecule has 0 spiro atoms. The van der Waals surface area contributed by atoms with Gasteiger partial charge in [-0.05, 0) is 63.3 Å². The van der Waals surface area contributed by atoms with Crippen molar-refractivity contribution in [1.82, 2.24) is 9.80 Å². The Labute approximate surface area is 195 Å². The molecule has 0 saturated carbocycles. The predicted molar refractivity (Wildman–Crippen MR) is 127 cm³/mol.